The van der Waals surface area contributed by atoms with Crippen molar-refractivity contribution in [3.05, 3.63) is 63.3 Å². The lowest BCUT2D eigenvalue weighted by Crippen LogP contribution is -2.10. The number of benzene rings is 1. The molecule has 2 rings (SSSR count). The number of alkyl halides is 1. The summed E-state index contributed by atoms with van der Waals surface area (Å²) in [7, 11) is 0. The number of nitrogens with zero attached hydrogens (tertiary/aromatic N) is 1. The monoisotopic (exact) mass is 401 g/mol. The largest absolute Gasteiger partial charge is 0.263 e. The van der Waals surface area contributed by atoms with E-state index < -0.39 is 0 Å². The Bertz CT molecular complexity index is 498. The molecule has 1 aromatic carbocycles. The fourth-order valence-corrected chi connectivity index (χ4v) is 3.14. The van der Waals surface area contributed by atoms with Crippen molar-refractivity contribution in [2.24, 2.45) is 5.92 Å². The molecule has 0 saturated carbocycles. The summed E-state index contributed by atoms with van der Waals surface area (Å²) in [5, 5.41) is 1.70. The number of hydrogen-bond donors (Lipinski definition) is 0. The lowest BCUT2D eigenvalue weighted by Gasteiger charge is -2.16. The molecule has 0 saturated heterocycles. The van der Waals surface area contributed by atoms with Crippen molar-refractivity contribution < 1.29 is 0 Å². The van der Waals surface area contributed by atoms with Gasteiger partial charge in [-0.25, -0.2) is 0 Å². The molecule has 0 aliphatic heterocycles. The van der Waals surface area contributed by atoms with Crippen LogP contribution in [0.4, 0.5) is 0 Å². The van der Waals surface area contributed by atoms with E-state index in [2.05, 4.69) is 55.0 Å². The molecular weight excluding hydrogens is 389 g/mol. The summed E-state index contributed by atoms with van der Waals surface area (Å²) in [5.41, 5.74) is 2.49. The highest BCUT2D eigenvalue weighted by molar-refractivity contribution is 9.10. The summed E-state index contributed by atoms with van der Waals surface area (Å²) in [6, 6.07) is 10.4. The van der Waals surface area contributed by atoms with Crippen LogP contribution in [0.1, 0.15) is 11.1 Å². The Balaban J connectivity index is 2.09. The molecule has 100 valence electrons. The number of aromatic nitrogens is 1. The minimum atomic E-state index is 0.513. The highest BCUT2D eigenvalue weighted by Gasteiger charge is 2.13. The predicted molar refractivity (Wildman–Crippen MR) is 88.1 cm³/mol. The van der Waals surface area contributed by atoms with Gasteiger partial charge in [0.1, 0.15) is 0 Å². The van der Waals surface area contributed by atoms with Gasteiger partial charge >= 0.3 is 0 Å². The number of pyridine rings is 1. The number of hydrogen-bond acceptors (Lipinski definition) is 1. The molecule has 0 radical (unpaired) electrons. The Kier molecular flexibility index (Phi) is 5.86. The van der Waals surface area contributed by atoms with Crippen LogP contribution in [0.15, 0.2) is 47.2 Å². The first-order chi connectivity index (χ1) is 9.20. The van der Waals surface area contributed by atoms with E-state index in [1.807, 2.05) is 12.1 Å². The van der Waals surface area contributed by atoms with Crippen LogP contribution in [0.25, 0.3) is 0 Å². The first kappa shape index (κ1) is 15.0. The third kappa shape index (κ3) is 4.30. The van der Waals surface area contributed by atoms with Crippen molar-refractivity contribution in [1.29, 1.82) is 0 Å². The predicted octanol–water partition coefficient (Wildman–Crippen LogP) is 5.29. The first-order valence-electron chi connectivity index (χ1n) is 6.08. The van der Waals surface area contributed by atoms with Crippen molar-refractivity contribution in [2.45, 2.75) is 12.8 Å². The molecule has 4 heteroatoms. The van der Waals surface area contributed by atoms with Gasteiger partial charge in [0, 0.05) is 22.2 Å². The molecule has 2 aromatic rings. The Morgan fingerprint density at radius 1 is 1.11 bits per heavy atom. The number of halogens is 3. The summed E-state index contributed by atoms with van der Waals surface area (Å²) >= 11 is 13.4. The molecule has 0 bridgehead atoms. The quantitative estimate of drug-likeness (QED) is 0.618. The van der Waals surface area contributed by atoms with Crippen molar-refractivity contribution in [2.75, 3.05) is 5.33 Å². The Labute approximate surface area is 135 Å². The number of rotatable bonds is 5. The van der Waals surface area contributed by atoms with Gasteiger partial charge in [0.05, 0.1) is 5.02 Å². The molecule has 0 aliphatic carbocycles. The molecule has 0 fully saturated rings. The van der Waals surface area contributed by atoms with E-state index in [-0.39, 0.29) is 0 Å². The first-order valence-corrected chi connectivity index (χ1v) is 8.37. The van der Waals surface area contributed by atoms with Gasteiger partial charge in [-0.1, -0.05) is 61.7 Å². The van der Waals surface area contributed by atoms with Crippen LogP contribution in [-0.4, -0.2) is 10.3 Å². The Morgan fingerprint density at radius 2 is 1.84 bits per heavy atom. The van der Waals surface area contributed by atoms with Gasteiger partial charge in [-0.05, 0) is 42.0 Å². The van der Waals surface area contributed by atoms with Crippen molar-refractivity contribution in [3.8, 4) is 0 Å². The summed E-state index contributed by atoms with van der Waals surface area (Å²) in [5.74, 6) is 0.513. The van der Waals surface area contributed by atoms with Crippen LogP contribution < -0.4 is 0 Å². The molecule has 1 heterocycles. The molecule has 0 aliphatic rings. The molecule has 19 heavy (non-hydrogen) atoms. The SMILES string of the molecule is Clc1cnccc1CC(CBr)Cc1ccccc1Br. The Hall–Kier alpha value is -0.380. The fraction of sp³-hybridized carbons (Fsp3) is 0.267. The van der Waals surface area contributed by atoms with Gasteiger partial charge in [-0.3, -0.25) is 4.98 Å². The van der Waals surface area contributed by atoms with Gasteiger partial charge in [-0.2, -0.15) is 0 Å². The molecular formula is C15H14Br2ClN. The third-order valence-electron chi connectivity index (χ3n) is 3.05. The molecule has 1 unspecified atom stereocenters. The van der Waals surface area contributed by atoms with E-state index in [0.717, 1.165) is 28.8 Å². The van der Waals surface area contributed by atoms with E-state index in [1.54, 1.807) is 12.4 Å². The van der Waals surface area contributed by atoms with Crippen molar-refractivity contribution in [3.63, 3.8) is 0 Å². The molecule has 0 spiro atoms. The maximum absolute atomic E-state index is 6.17. The van der Waals surface area contributed by atoms with Gasteiger partial charge in [0.25, 0.3) is 0 Å². The normalized spacial score (nSPS) is 12.4. The summed E-state index contributed by atoms with van der Waals surface area (Å²) in [6.45, 7) is 0. The standard InChI is InChI=1S/C15H14Br2ClN/c16-9-11(7-12-3-1-2-4-14(12)17)8-13-5-6-19-10-15(13)18/h1-6,10-11H,7-9H2. The van der Waals surface area contributed by atoms with Crippen LogP contribution in [0.3, 0.4) is 0 Å². The zero-order valence-electron chi connectivity index (χ0n) is 10.3. The topological polar surface area (TPSA) is 12.9 Å². The summed E-state index contributed by atoms with van der Waals surface area (Å²) in [6.07, 6.45) is 5.48. The second kappa shape index (κ2) is 7.41. The van der Waals surface area contributed by atoms with E-state index in [1.165, 1.54) is 10.0 Å². The molecule has 0 N–H and O–H groups in total. The minimum Gasteiger partial charge on any atom is -0.263 e. The molecule has 1 nitrogen and oxygen atoms in total. The van der Waals surface area contributed by atoms with Gasteiger partial charge in [0.15, 0.2) is 0 Å². The van der Waals surface area contributed by atoms with Crippen molar-refractivity contribution >= 4 is 43.5 Å². The fourth-order valence-electron chi connectivity index (χ4n) is 2.04. The maximum Gasteiger partial charge on any atom is 0.0621 e. The third-order valence-corrected chi connectivity index (χ3v) is 5.08. The lowest BCUT2D eigenvalue weighted by atomic mass is 9.94. The van der Waals surface area contributed by atoms with Crippen LogP contribution in [0.5, 0.6) is 0 Å². The zero-order chi connectivity index (χ0) is 13.7. The van der Waals surface area contributed by atoms with E-state index in [9.17, 15) is 0 Å². The average Bonchev–Trinajstić information content (AvgIpc) is 2.42. The van der Waals surface area contributed by atoms with Crippen molar-refractivity contribution in [1.82, 2.24) is 4.98 Å². The average molecular weight is 404 g/mol. The second-order valence-corrected chi connectivity index (χ2v) is 6.40. The zero-order valence-corrected chi connectivity index (χ0v) is 14.2. The van der Waals surface area contributed by atoms with Crippen LogP contribution in [-0.2, 0) is 12.8 Å². The van der Waals surface area contributed by atoms with Gasteiger partial charge < -0.3 is 0 Å². The Morgan fingerprint density at radius 3 is 2.53 bits per heavy atom. The van der Waals surface area contributed by atoms with Crippen LogP contribution >= 0.6 is 43.5 Å². The minimum absolute atomic E-state index is 0.513. The smallest absolute Gasteiger partial charge is 0.0621 e. The van der Waals surface area contributed by atoms with Crippen LogP contribution in [0.2, 0.25) is 5.02 Å². The summed E-state index contributed by atoms with van der Waals surface area (Å²) < 4.78 is 1.17. The van der Waals surface area contributed by atoms with Crippen LogP contribution in [0, 0.1) is 5.92 Å². The van der Waals surface area contributed by atoms with Gasteiger partial charge in [0.2, 0.25) is 0 Å². The highest BCUT2D eigenvalue weighted by atomic mass is 79.9. The van der Waals surface area contributed by atoms with E-state index >= 15 is 0 Å². The highest BCUT2D eigenvalue weighted by Crippen LogP contribution is 2.24. The molecule has 1 atom stereocenters. The van der Waals surface area contributed by atoms with Gasteiger partial charge in [-0.15, -0.1) is 0 Å². The maximum atomic E-state index is 6.17. The summed E-state index contributed by atoms with van der Waals surface area (Å²) in [4.78, 5) is 4.02. The molecule has 0 amide bonds. The second-order valence-electron chi connectivity index (χ2n) is 4.49. The van der Waals surface area contributed by atoms with E-state index in [0.29, 0.717) is 5.92 Å². The molecule has 1 aromatic heterocycles. The lowest BCUT2D eigenvalue weighted by molar-refractivity contribution is 0.590. The van der Waals surface area contributed by atoms with E-state index in [4.69, 9.17) is 11.6 Å².